The molecular weight excluding hydrogens is 318 g/mol. The molecule has 0 radical (unpaired) electrons. The van der Waals surface area contributed by atoms with Crippen LogP contribution in [0.3, 0.4) is 0 Å². The molecule has 0 spiro atoms. The third-order valence-electron chi connectivity index (χ3n) is 5.09. The van der Waals surface area contributed by atoms with E-state index >= 15 is 0 Å². The molecule has 136 valence electrons. The number of urea groups is 1. The van der Waals surface area contributed by atoms with Crippen LogP contribution < -0.4 is 5.32 Å². The first kappa shape index (κ1) is 17.9. The molecule has 2 heterocycles. The molecule has 2 fully saturated rings. The largest absolute Gasteiger partial charge is 0.370 e. The molecule has 25 heavy (non-hydrogen) atoms. The normalized spacial score (nSPS) is 25.9. The van der Waals surface area contributed by atoms with Crippen molar-refractivity contribution in [3.63, 3.8) is 0 Å². The first-order valence-electron chi connectivity index (χ1n) is 8.76. The molecule has 2 saturated heterocycles. The molecule has 2 aliphatic rings. The summed E-state index contributed by atoms with van der Waals surface area (Å²) < 4.78 is 6.06. The number of morpholine rings is 1. The molecule has 1 aromatic rings. The molecule has 0 unspecified atom stereocenters. The molecule has 1 aromatic carbocycles. The summed E-state index contributed by atoms with van der Waals surface area (Å²) in [5.74, 6) is -0.164. The Bertz CT molecular complexity index is 657. The number of hydrogen-bond acceptors (Lipinski definition) is 4. The highest BCUT2D eigenvalue weighted by Crippen LogP contribution is 2.30. The van der Waals surface area contributed by atoms with Crippen molar-refractivity contribution in [1.29, 1.82) is 0 Å². The molecule has 1 atom stereocenters. The van der Waals surface area contributed by atoms with Crippen LogP contribution in [0.2, 0.25) is 0 Å². The fourth-order valence-corrected chi connectivity index (χ4v) is 3.40. The Morgan fingerprint density at radius 2 is 1.80 bits per heavy atom. The number of hydrogen-bond donors (Lipinski definition) is 1. The summed E-state index contributed by atoms with van der Waals surface area (Å²) in [6.45, 7) is 10.1. The Labute approximate surface area is 149 Å². The molecule has 6 nitrogen and oxygen atoms in total. The Morgan fingerprint density at radius 1 is 1.12 bits per heavy atom. The zero-order valence-electron chi connectivity index (χ0n) is 15.4. The van der Waals surface area contributed by atoms with E-state index in [9.17, 15) is 9.59 Å². The number of ether oxygens (including phenoxy) is 1. The standard InChI is InChI=1S/C19H27N3O3/c1-18(2)13-25-15(14-8-6-5-7-9-14)12-21(18)10-11-22-16(23)19(3,4)20-17(22)24/h5-9,15H,10-13H2,1-4H3,(H,20,24)/t15-/m1/s1. The minimum atomic E-state index is -0.815. The quantitative estimate of drug-likeness (QED) is 0.850. The van der Waals surface area contributed by atoms with Gasteiger partial charge in [-0.2, -0.15) is 0 Å². The highest BCUT2D eigenvalue weighted by atomic mass is 16.5. The third-order valence-corrected chi connectivity index (χ3v) is 5.09. The van der Waals surface area contributed by atoms with Crippen LogP contribution in [0.15, 0.2) is 30.3 Å². The highest BCUT2D eigenvalue weighted by Gasteiger charge is 2.44. The smallest absolute Gasteiger partial charge is 0.325 e. The van der Waals surface area contributed by atoms with E-state index in [4.69, 9.17) is 4.74 Å². The summed E-state index contributed by atoms with van der Waals surface area (Å²) >= 11 is 0. The molecule has 3 rings (SSSR count). The average molecular weight is 345 g/mol. The van der Waals surface area contributed by atoms with Crippen LogP contribution in [0.1, 0.15) is 39.4 Å². The maximum atomic E-state index is 12.4. The van der Waals surface area contributed by atoms with Crippen molar-refractivity contribution < 1.29 is 14.3 Å². The Kier molecular flexibility index (Phi) is 4.60. The van der Waals surface area contributed by atoms with Crippen LogP contribution in [0, 0.1) is 0 Å². The van der Waals surface area contributed by atoms with Gasteiger partial charge in [0.1, 0.15) is 5.54 Å². The lowest BCUT2D eigenvalue weighted by Gasteiger charge is -2.45. The Hall–Kier alpha value is -1.92. The van der Waals surface area contributed by atoms with Gasteiger partial charge in [0.05, 0.1) is 12.7 Å². The first-order chi connectivity index (χ1) is 11.7. The number of nitrogens with one attached hydrogen (secondary N) is 1. The fourth-order valence-electron chi connectivity index (χ4n) is 3.40. The zero-order valence-corrected chi connectivity index (χ0v) is 15.4. The van der Waals surface area contributed by atoms with Crippen molar-refractivity contribution in [3.8, 4) is 0 Å². The lowest BCUT2D eigenvalue weighted by atomic mass is 9.98. The predicted molar refractivity (Wildman–Crippen MR) is 95.1 cm³/mol. The Balaban J connectivity index is 1.67. The van der Waals surface area contributed by atoms with E-state index < -0.39 is 5.54 Å². The lowest BCUT2D eigenvalue weighted by molar-refractivity contribution is -0.131. The van der Waals surface area contributed by atoms with Gasteiger partial charge < -0.3 is 10.1 Å². The molecule has 0 bridgehead atoms. The van der Waals surface area contributed by atoms with Crippen molar-refractivity contribution in [2.24, 2.45) is 0 Å². The van der Waals surface area contributed by atoms with E-state index in [0.717, 1.165) is 12.1 Å². The molecule has 6 heteroatoms. The van der Waals surface area contributed by atoms with Gasteiger partial charge in [0, 0.05) is 25.2 Å². The molecule has 0 aromatic heterocycles. The number of carbonyl (C=O) groups is 2. The van der Waals surface area contributed by atoms with E-state index in [1.807, 2.05) is 18.2 Å². The van der Waals surface area contributed by atoms with Gasteiger partial charge in [-0.3, -0.25) is 14.6 Å². The molecule has 0 aliphatic carbocycles. The zero-order chi connectivity index (χ0) is 18.2. The monoisotopic (exact) mass is 345 g/mol. The Morgan fingerprint density at radius 3 is 2.40 bits per heavy atom. The molecular formula is C19H27N3O3. The minimum Gasteiger partial charge on any atom is -0.370 e. The van der Waals surface area contributed by atoms with Gasteiger partial charge in [0.25, 0.3) is 5.91 Å². The van der Waals surface area contributed by atoms with Gasteiger partial charge in [-0.05, 0) is 33.3 Å². The van der Waals surface area contributed by atoms with E-state index in [1.54, 1.807) is 13.8 Å². The number of carbonyl (C=O) groups excluding carboxylic acids is 2. The summed E-state index contributed by atoms with van der Waals surface area (Å²) in [5.41, 5.74) is 0.198. The number of nitrogens with zero attached hydrogens (tertiary/aromatic N) is 2. The SMILES string of the molecule is CC1(C)NC(=O)N(CCN2C[C@H](c3ccccc3)OCC2(C)C)C1=O. The predicted octanol–water partition coefficient (Wildman–Crippen LogP) is 2.17. The van der Waals surface area contributed by atoms with E-state index in [1.165, 1.54) is 4.90 Å². The number of imide groups is 1. The maximum absolute atomic E-state index is 12.4. The fraction of sp³-hybridized carbons (Fsp3) is 0.579. The van der Waals surface area contributed by atoms with Crippen LogP contribution in [0.25, 0.3) is 0 Å². The van der Waals surface area contributed by atoms with Crippen molar-refractivity contribution in [3.05, 3.63) is 35.9 Å². The van der Waals surface area contributed by atoms with Crippen molar-refractivity contribution in [2.75, 3.05) is 26.2 Å². The second-order valence-corrected chi connectivity index (χ2v) is 7.98. The van der Waals surface area contributed by atoms with Crippen LogP contribution in [-0.2, 0) is 9.53 Å². The second kappa shape index (κ2) is 6.42. The lowest BCUT2D eigenvalue weighted by Crippen LogP contribution is -2.56. The highest BCUT2D eigenvalue weighted by molar-refractivity contribution is 6.06. The van der Waals surface area contributed by atoms with Crippen LogP contribution in [0.5, 0.6) is 0 Å². The average Bonchev–Trinajstić information content (AvgIpc) is 2.75. The van der Waals surface area contributed by atoms with E-state index in [0.29, 0.717) is 19.7 Å². The number of rotatable bonds is 4. The van der Waals surface area contributed by atoms with Crippen LogP contribution in [0.4, 0.5) is 4.79 Å². The van der Waals surface area contributed by atoms with Gasteiger partial charge in [-0.25, -0.2) is 4.79 Å². The molecule has 0 saturated carbocycles. The van der Waals surface area contributed by atoms with E-state index in [2.05, 4.69) is 36.2 Å². The van der Waals surface area contributed by atoms with E-state index in [-0.39, 0.29) is 23.6 Å². The summed E-state index contributed by atoms with van der Waals surface area (Å²) in [6.07, 6.45) is 0.00812. The topological polar surface area (TPSA) is 61.9 Å². The molecule has 1 N–H and O–H groups in total. The number of benzene rings is 1. The number of amides is 3. The summed E-state index contributed by atoms with van der Waals surface area (Å²) in [6, 6.07) is 9.85. The van der Waals surface area contributed by atoms with Gasteiger partial charge in [-0.15, -0.1) is 0 Å². The summed E-state index contributed by atoms with van der Waals surface area (Å²) in [5, 5.41) is 2.73. The van der Waals surface area contributed by atoms with Gasteiger partial charge in [0.2, 0.25) is 0 Å². The molecule has 3 amide bonds. The summed E-state index contributed by atoms with van der Waals surface area (Å²) in [4.78, 5) is 28.1. The van der Waals surface area contributed by atoms with Crippen molar-refractivity contribution in [2.45, 2.75) is 44.9 Å². The molecule has 2 aliphatic heterocycles. The second-order valence-electron chi connectivity index (χ2n) is 7.98. The summed E-state index contributed by atoms with van der Waals surface area (Å²) in [7, 11) is 0. The van der Waals surface area contributed by atoms with Crippen LogP contribution >= 0.6 is 0 Å². The first-order valence-corrected chi connectivity index (χ1v) is 8.76. The third kappa shape index (κ3) is 3.55. The van der Waals surface area contributed by atoms with Crippen molar-refractivity contribution >= 4 is 11.9 Å². The van der Waals surface area contributed by atoms with Gasteiger partial charge in [0.15, 0.2) is 0 Å². The van der Waals surface area contributed by atoms with Gasteiger partial charge >= 0.3 is 6.03 Å². The van der Waals surface area contributed by atoms with Crippen LogP contribution in [-0.4, -0.2) is 59.1 Å². The maximum Gasteiger partial charge on any atom is 0.325 e. The minimum absolute atomic E-state index is 0.00812. The van der Waals surface area contributed by atoms with Gasteiger partial charge in [-0.1, -0.05) is 30.3 Å². The van der Waals surface area contributed by atoms with Crippen molar-refractivity contribution in [1.82, 2.24) is 15.1 Å².